The molecule has 2 heterocycles. The van der Waals surface area contributed by atoms with Crippen LogP contribution in [0.1, 0.15) is 30.1 Å². The van der Waals surface area contributed by atoms with Crippen molar-refractivity contribution < 1.29 is 4.42 Å². The van der Waals surface area contributed by atoms with Gasteiger partial charge in [-0.1, -0.05) is 11.6 Å². The van der Waals surface area contributed by atoms with Crippen LogP contribution in [0.25, 0.3) is 11.0 Å². The van der Waals surface area contributed by atoms with Crippen LogP contribution < -0.4 is 5.32 Å². The second-order valence-electron chi connectivity index (χ2n) is 5.23. The number of nitrogens with zero attached hydrogens (tertiary/aromatic N) is 3. The highest BCUT2D eigenvalue weighted by Gasteiger charge is 2.18. The Kier molecular flexibility index (Phi) is 3.75. The van der Waals surface area contributed by atoms with Crippen LogP contribution in [0, 0.1) is 6.92 Å². The number of hydrogen-bond acceptors (Lipinski definition) is 4. The summed E-state index contributed by atoms with van der Waals surface area (Å²) < 4.78 is 7.89. The number of rotatable bonds is 5. The topological polar surface area (TPSA) is 55.9 Å². The standard InChI is InChI=1S/C16H20N4O/c1-4-20-16(18-10-19-20)9-13(17-3)15-8-12-7-11(2)5-6-14(12)21-15/h5-8,10,13,17H,4,9H2,1-3H3. The highest BCUT2D eigenvalue weighted by molar-refractivity contribution is 5.78. The minimum Gasteiger partial charge on any atom is -0.459 e. The van der Waals surface area contributed by atoms with Crippen molar-refractivity contribution in [3.05, 3.63) is 47.7 Å². The highest BCUT2D eigenvalue weighted by Crippen LogP contribution is 2.26. The first-order valence-corrected chi connectivity index (χ1v) is 7.25. The van der Waals surface area contributed by atoms with E-state index < -0.39 is 0 Å². The first-order valence-electron chi connectivity index (χ1n) is 7.25. The number of fused-ring (bicyclic) bond motifs is 1. The van der Waals surface area contributed by atoms with Crippen molar-refractivity contribution in [3.63, 3.8) is 0 Å². The van der Waals surface area contributed by atoms with Crippen LogP contribution in [0.4, 0.5) is 0 Å². The van der Waals surface area contributed by atoms with Gasteiger partial charge in [0.2, 0.25) is 0 Å². The molecule has 0 aliphatic rings. The van der Waals surface area contributed by atoms with Gasteiger partial charge in [-0.05, 0) is 39.1 Å². The molecule has 1 aromatic carbocycles. The maximum atomic E-state index is 5.98. The van der Waals surface area contributed by atoms with Crippen LogP contribution in [0.3, 0.4) is 0 Å². The molecule has 0 fully saturated rings. The summed E-state index contributed by atoms with van der Waals surface area (Å²) in [5, 5.41) is 8.67. The maximum Gasteiger partial charge on any atom is 0.138 e. The number of aromatic nitrogens is 3. The van der Waals surface area contributed by atoms with E-state index in [9.17, 15) is 0 Å². The molecule has 3 rings (SSSR count). The van der Waals surface area contributed by atoms with Crippen molar-refractivity contribution in [1.82, 2.24) is 20.1 Å². The Hall–Kier alpha value is -2.14. The van der Waals surface area contributed by atoms with Gasteiger partial charge >= 0.3 is 0 Å². The summed E-state index contributed by atoms with van der Waals surface area (Å²) in [7, 11) is 1.94. The van der Waals surface area contributed by atoms with E-state index in [1.165, 1.54) is 5.56 Å². The molecule has 1 N–H and O–H groups in total. The molecule has 110 valence electrons. The van der Waals surface area contributed by atoms with Crippen LogP contribution in [-0.4, -0.2) is 21.8 Å². The average molecular weight is 284 g/mol. The Bertz CT molecular complexity index is 744. The molecule has 5 nitrogen and oxygen atoms in total. The van der Waals surface area contributed by atoms with Crippen LogP contribution in [0.15, 0.2) is 35.0 Å². The zero-order valence-corrected chi connectivity index (χ0v) is 12.6. The van der Waals surface area contributed by atoms with E-state index in [1.807, 2.05) is 17.8 Å². The largest absolute Gasteiger partial charge is 0.459 e. The molecular formula is C16H20N4O. The number of aryl methyl sites for hydroxylation is 2. The van der Waals surface area contributed by atoms with Crippen LogP contribution in [-0.2, 0) is 13.0 Å². The third-order valence-electron chi connectivity index (χ3n) is 3.76. The Morgan fingerprint density at radius 2 is 2.19 bits per heavy atom. The van der Waals surface area contributed by atoms with Gasteiger partial charge in [-0.3, -0.25) is 4.68 Å². The van der Waals surface area contributed by atoms with Crippen molar-refractivity contribution in [3.8, 4) is 0 Å². The molecule has 21 heavy (non-hydrogen) atoms. The lowest BCUT2D eigenvalue weighted by Gasteiger charge is -2.13. The van der Waals surface area contributed by atoms with E-state index in [1.54, 1.807) is 6.33 Å². The SMILES string of the molecule is CCn1ncnc1CC(NC)c1cc2cc(C)ccc2o1. The first kappa shape index (κ1) is 13.8. The van der Waals surface area contributed by atoms with Crippen molar-refractivity contribution in [2.24, 2.45) is 0 Å². The lowest BCUT2D eigenvalue weighted by Crippen LogP contribution is -2.20. The van der Waals surface area contributed by atoms with E-state index in [4.69, 9.17) is 4.42 Å². The van der Waals surface area contributed by atoms with Crippen LogP contribution in [0.2, 0.25) is 0 Å². The molecule has 0 spiro atoms. The Morgan fingerprint density at radius 3 is 2.95 bits per heavy atom. The normalized spacial score (nSPS) is 12.9. The second kappa shape index (κ2) is 5.69. The fourth-order valence-corrected chi connectivity index (χ4v) is 2.59. The third-order valence-corrected chi connectivity index (χ3v) is 3.76. The highest BCUT2D eigenvalue weighted by atomic mass is 16.3. The summed E-state index contributed by atoms with van der Waals surface area (Å²) in [5.41, 5.74) is 2.16. The van der Waals surface area contributed by atoms with E-state index in [0.29, 0.717) is 0 Å². The number of hydrogen-bond donors (Lipinski definition) is 1. The molecule has 0 aliphatic carbocycles. The predicted octanol–water partition coefficient (Wildman–Crippen LogP) is 2.86. The minimum absolute atomic E-state index is 0.0900. The summed E-state index contributed by atoms with van der Waals surface area (Å²) in [6.45, 7) is 4.98. The molecule has 0 saturated heterocycles. The van der Waals surface area contributed by atoms with Crippen LogP contribution in [0.5, 0.6) is 0 Å². The number of furan rings is 1. The molecular weight excluding hydrogens is 264 g/mol. The molecule has 5 heteroatoms. The molecule has 0 radical (unpaired) electrons. The lowest BCUT2D eigenvalue weighted by atomic mass is 10.1. The Balaban J connectivity index is 1.90. The van der Waals surface area contributed by atoms with E-state index in [0.717, 1.165) is 35.5 Å². The molecule has 0 bridgehead atoms. The molecule has 1 unspecified atom stereocenters. The van der Waals surface area contributed by atoms with Gasteiger partial charge in [0.25, 0.3) is 0 Å². The van der Waals surface area contributed by atoms with E-state index >= 15 is 0 Å². The second-order valence-corrected chi connectivity index (χ2v) is 5.23. The summed E-state index contributed by atoms with van der Waals surface area (Å²) in [6.07, 6.45) is 2.36. The number of likely N-dealkylation sites (N-methyl/N-ethyl adjacent to an activating group) is 1. The van der Waals surface area contributed by atoms with Gasteiger partial charge in [-0.15, -0.1) is 0 Å². The van der Waals surface area contributed by atoms with Crippen molar-refractivity contribution in [1.29, 1.82) is 0 Å². The van der Waals surface area contributed by atoms with Crippen LogP contribution >= 0.6 is 0 Å². The summed E-state index contributed by atoms with van der Waals surface area (Å²) >= 11 is 0. The molecule has 2 aromatic heterocycles. The Morgan fingerprint density at radius 1 is 1.33 bits per heavy atom. The minimum atomic E-state index is 0.0900. The Labute approximate surface area is 124 Å². The lowest BCUT2D eigenvalue weighted by molar-refractivity contribution is 0.436. The zero-order chi connectivity index (χ0) is 14.8. The third kappa shape index (κ3) is 2.69. The van der Waals surface area contributed by atoms with Gasteiger partial charge in [0, 0.05) is 18.4 Å². The average Bonchev–Trinajstić information content (AvgIpc) is 3.09. The fourth-order valence-electron chi connectivity index (χ4n) is 2.59. The maximum absolute atomic E-state index is 5.98. The van der Waals surface area contributed by atoms with Gasteiger partial charge in [0.1, 0.15) is 23.5 Å². The van der Waals surface area contributed by atoms with Gasteiger partial charge in [0.15, 0.2) is 0 Å². The predicted molar refractivity (Wildman–Crippen MR) is 82.2 cm³/mol. The van der Waals surface area contributed by atoms with Gasteiger partial charge in [-0.25, -0.2) is 4.98 Å². The van der Waals surface area contributed by atoms with Crippen molar-refractivity contribution >= 4 is 11.0 Å². The molecule has 3 aromatic rings. The van der Waals surface area contributed by atoms with Crippen molar-refractivity contribution in [2.45, 2.75) is 32.9 Å². The quantitative estimate of drug-likeness (QED) is 0.782. The van der Waals surface area contributed by atoms with E-state index in [2.05, 4.69) is 47.4 Å². The summed E-state index contributed by atoms with van der Waals surface area (Å²) in [4.78, 5) is 4.34. The van der Waals surface area contributed by atoms with E-state index in [-0.39, 0.29) is 6.04 Å². The smallest absolute Gasteiger partial charge is 0.138 e. The summed E-state index contributed by atoms with van der Waals surface area (Å²) in [5.74, 6) is 1.90. The fraction of sp³-hybridized carbons (Fsp3) is 0.375. The molecule has 0 aliphatic heterocycles. The molecule has 1 atom stereocenters. The van der Waals surface area contributed by atoms with Gasteiger partial charge < -0.3 is 9.73 Å². The first-order chi connectivity index (χ1) is 10.2. The van der Waals surface area contributed by atoms with Crippen molar-refractivity contribution in [2.75, 3.05) is 7.05 Å². The van der Waals surface area contributed by atoms with Gasteiger partial charge in [0.05, 0.1) is 6.04 Å². The van der Waals surface area contributed by atoms with Gasteiger partial charge in [-0.2, -0.15) is 5.10 Å². The number of nitrogens with one attached hydrogen (secondary N) is 1. The summed E-state index contributed by atoms with van der Waals surface area (Å²) in [6, 6.07) is 8.43. The monoisotopic (exact) mass is 284 g/mol. The zero-order valence-electron chi connectivity index (χ0n) is 12.6. The molecule has 0 saturated carbocycles. The number of benzene rings is 1. The molecule has 0 amide bonds.